The van der Waals surface area contributed by atoms with E-state index >= 15 is 0 Å². The zero-order chi connectivity index (χ0) is 9.10. The molecule has 0 saturated carbocycles. The van der Waals surface area contributed by atoms with Crippen molar-refractivity contribution < 1.29 is 9.84 Å². The summed E-state index contributed by atoms with van der Waals surface area (Å²) in [5.41, 5.74) is 0. The van der Waals surface area contributed by atoms with Crippen LogP contribution in [0.4, 0.5) is 0 Å². The molecule has 1 atom stereocenters. The fourth-order valence-electron chi connectivity index (χ4n) is 1.63. The van der Waals surface area contributed by atoms with Crippen molar-refractivity contribution in [3.8, 4) is 0 Å². The summed E-state index contributed by atoms with van der Waals surface area (Å²) in [5.74, 6) is 0.994. The van der Waals surface area contributed by atoms with Crippen molar-refractivity contribution in [2.24, 2.45) is 5.92 Å². The fraction of sp³-hybridized carbons (Fsp3) is 0.600. The van der Waals surface area contributed by atoms with E-state index in [0.717, 1.165) is 19.6 Å². The minimum Gasteiger partial charge on any atom is -0.396 e. The molecule has 1 unspecified atom stereocenters. The van der Waals surface area contributed by atoms with Gasteiger partial charge in [0.15, 0.2) is 0 Å². The van der Waals surface area contributed by atoms with Crippen LogP contribution in [-0.2, 0) is 4.74 Å². The first-order valence-corrected chi connectivity index (χ1v) is 5.50. The third-order valence-corrected chi connectivity index (χ3v) is 3.53. The van der Waals surface area contributed by atoms with Gasteiger partial charge in [-0.25, -0.2) is 0 Å². The van der Waals surface area contributed by atoms with Crippen LogP contribution in [0.3, 0.4) is 0 Å². The lowest BCUT2D eigenvalue weighted by molar-refractivity contribution is -0.0403. The van der Waals surface area contributed by atoms with E-state index in [1.807, 2.05) is 6.07 Å². The quantitative estimate of drug-likeness (QED) is 0.800. The van der Waals surface area contributed by atoms with Gasteiger partial charge in [-0.1, -0.05) is 6.07 Å². The van der Waals surface area contributed by atoms with Crippen LogP contribution in [0.15, 0.2) is 17.5 Å². The van der Waals surface area contributed by atoms with Crippen molar-refractivity contribution >= 4 is 11.3 Å². The summed E-state index contributed by atoms with van der Waals surface area (Å²) < 4.78 is 5.12. The number of thiophene rings is 1. The number of ether oxygens (including phenoxy) is 1. The van der Waals surface area contributed by atoms with E-state index < -0.39 is 0 Å². The first-order valence-electron chi connectivity index (χ1n) is 4.62. The van der Waals surface area contributed by atoms with Gasteiger partial charge in [-0.15, -0.1) is 11.3 Å². The lowest BCUT2D eigenvalue weighted by atomic mass is 9.93. The highest BCUT2D eigenvalue weighted by Gasteiger charge is 2.23. The Hall–Kier alpha value is -0.380. The molecule has 1 N–H and O–H groups in total. The fourth-order valence-corrected chi connectivity index (χ4v) is 2.46. The molecule has 2 rings (SSSR count). The van der Waals surface area contributed by atoms with Crippen LogP contribution in [0, 0.1) is 5.92 Å². The van der Waals surface area contributed by atoms with E-state index in [0.29, 0.717) is 11.8 Å². The molecule has 1 fully saturated rings. The Morgan fingerprint density at radius 3 is 2.92 bits per heavy atom. The van der Waals surface area contributed by atoms with Gasteiger partial charge in [-0.3, -0.25) is 0 Å². The van der Waals surface area contributed by atoms with E-state index in [1.54, 1.807) is 11.3 Å². The molecule has 3 heteroatoms. The summed E-state index contributed by atoms with van der Waals surface area (Å²) in [4.78, 5) is 1.30. The first-order chi connectivity index (χ1) is 6.40. The Balaban J connectivity index is 1.92. The van der Waals surface area contributed by atoms with Gasteiger partial charge in [-0.05, 0) is 17.9 Å². The molecule has 0 spiro atoms. The monoisotopic (exact) mass is 198 g/mol. The predicted molar refractivity (Wildman–Crippen MR) is 53.1 cm³/mol. The maximum absolute atomic E-state index is 9.23. The predicted octanol–water partition coefficient (Wildman–Crippen LogP) is 1.86. The van der Waals surface area contributed by atoms with Crippen LogP contribution in [0.5, 0.6) is 0 Å². The molecular weight excluding hydrogens is 184 g/mol. The highest BCUT2D eigenvalue weighted by molar-refractivity contribution is 7.10. The highest BCUT2D eigenvalue weighted by atomic mass is 32.1. The molecule has 0 aromatic carbocycles. The van der Waals surface area contributed by atoms with Crippen LogP contribution in [0.25, 0.3) is 0 Å². The van der Waals surface area contributed by atoms with Crippen molar-refractivity contribution in [1.82, 2.24) is 0 Å². The summed E-state index contributed by atoms with van der Waals surface area (Å²) in [5, 5.41) is 11.3. The van der Waals surface area contributed by atoms with Crippen molar-refractivity contribution in [2.45, 2.75) is 12.3 Å². The molecule has 1 aliphatic rings. The normalized spacial score (nSPS) is 19.8. The Labute approximate surface area is 82.2 Å². The van der Waals surface area contributed by atoms with Gasteiger partial charge in [0.1, 0.15) is 0 Å². The number of aliphatic hydroxyl groups is 1. The van der Waals surface area contributed by atoms with Crippen LogP contribution in [0.2, 0.25) is 0 Å². The van der Waals surface area contributed by atoms with Crippen molar-refractivity contribution in [3.05, 3.63) is 22.4 Å². The molecule has 1 aromatic heterocycles. The molecular formula is C10H14O2S. The second kappa shape index (κ2) is 4.22. The van der Waals surface area contributed by atoms with E-state index in [1.165, 1.54) is 4.88 Å². The summed E-state index contributed by atoms with van der Waals surface area (Å²) in [6, 6.07) is 4.14. The zero-order valence-corrected chi connectivity index (χ0v) is 8.30. The van der Waals surface area contributed by atoms with Gasteiger partial charge < -0.3 is 9.84 Å². The average Bonchev–Trinajstić information content (AvgIpc) is 2.55. The van der Waals surface area contributed by atoms with Gasteiger partial charge in [0, 0.05) is 16.7 Å². The Morgan fingerprint density at radius 2 is 2.46 bits per heavy atom. The molecule has 0 radical (unpaired) electrons. The van der Waals surface area contributed by atoms with Crippen molar-refractivity contribution in [2.75, 3.05) is 19.8 Å². The number of rotatable bonds is 4. The maximum Gasteiger partial charge on any atom is 0.0516 e. The van der Waals surface area contributed by atoms with Crippen molar-refractivity contribution in [1.29, 1.82) is 0 Å². The molecule has 0 aliphatic carbocycles. The van der Waals surface area contributed by atoms with Gasteiger partial charge in [-0.2, -0.15) is 0 Å². The lowest BCUT2D eigenvalue weighted by Gasteiger charge is -2.28. The molecule has 1 aromatic rings. The molecule has 13 heavy (non-hydrogen) atoms. The van der Waals surface area contributed by atoms with E-state index in [2.05, 4.69) is 11.4 Å². The molecule has 1 aliphatic heterocycles. The van der Waals surface area contributed by atoms with Crippen LogP contribution in [-0.4, -0.2) is 24.9 Å². The van der Waals surface area contributed by atoms with E-state index in [9.17, 15) is 5.11 Å². The summed E-state index contributed by atoms with van der Waals surface area (Å²) in [6.45, 7) is 2.01. The molecule has 0 amide bonds. The summed E-state index contributed by atoms with van der Waals surface area (Å²) >= 11 is 1.73. The smallest absolute Gasteiger partial charge is 0.0516 e. The van der Waals surface area contributed by atoms with E-state index in [-0.39, 0.29) is 6.61 Å². The highest BCUT2D eigenvalue weighted by Crippen LogP contribution is 2.29. The van der Waals surface area contributed by atoms with Gasteiger partial charge in [0.05, 0.1) is 19.8 Å². The third kappa shape index (κ3) is 2.10. The molecule has 72 valence electrons. The molecule has 1 saturated heterocycles. The molecule has 0 bridgehead atoms. The standard InChI is InChI=1S/C10H14O2S/c11-5-9(4-8-6-12-7-8)10-2-1-3-13-10/h1-3,8-9,11H,4-7H2. The molecule has 2 nitrogen and oxygen atoms in total. The van der Waals surface area contributed by atoms with E-state index in [4.69, 9.17) is 4.74 Å². The minimum atomic E-state index is 0.261. The summed E-state index contributed by atoms with van der Waals surface area (Å²) in [6.07, 6.45) is 1.07. The lowest BCUT2D eigenvalue weighted by Crippen LogP contribution is -2.29. The number of hydrogen-bond acceptors (Lipinski definition) is 3. The van der Waals surface area contributed by atoms with Crippen molar-refractivity contribution in [3.63, 3.8) is 0 Å². The Bertz CT molecular complexity index is 241. The second-order valence-electron chi connectivity index (χ2n) is 3.53. The van der Waals surface area contributed by atoms with Crippen LogP contribution >= 0.6 is 11.3 Å². The number of hydrogen-bond donors (Lipinski definition) is 1. The van der Waals surface area contributed by atoms with Gasteiger partial charge in [0.2, 0.25) is 0 Å². The third-order valence-electron chi connectivity index (χ3n) is 2.49. The molecule has 2 heterocycles. The topological polar surface area (TPSA) is 29.5 Å². The van der Waals surface area contributed by atoms with Gasteiger partial charge >= 0.3 is 0 Å². The largest absolute Gasteiger partial charge is 0.396 e. The Morgan fingerprint density at radius 1 is 1.62 bits per heavy atom. The van der Waals surface area contributed by atoms with Crippen LogP contribution in [0.1, 0.15) is 17.2 Å². The summed E-state index contributed by atoms with van der Waals surface area (Å²) in [7, 11) is 0. The van der Waals surface area contributed by atoms with Crippen LogP contribution < -0.4 is 0 Å². The number of aliphatic hydroxyl groups excluding tert-OH is 1. The Kier molecular flexibility index (Phi) is 2.98. The second-order valence-corrected chi connectivity index (χ2v) is 4.51. The minimum absolute atomic E-state index is 0.261. The SMILES string of the molecule is OCC(CC1COC1)c1cccs1. The van der Waals surface area contributed by atoms with Gasteiger partial charge in [0.25, 0.3) is 0 Å². The maximum atomic E-state index is 9.23. The first kappa shape index (κ1) is 9.19. The zero-order valence-electron chi connectivity index (χ0n) is 7.48. The average molecular weight is 198 g/mol.